The highest BCUT2D eigenvalue weighted by Crippen LogP contribution is 2.09. The number of nitrogens with two attached hydrogens (primary N) is 1. The zero-order valence-electron chi connectivity index (χ0n) is 10.0. The van der Waals surface area contributed by atoms with Crippen LogP contribution >= 0.6 is 0 Å². The van der Waals surface area contributed by atoms with Gasteiger partial charge in [0.05, 0.1) is 6.61 Å². The quantitative estimate of drug-likeness (QED) is 0.507. The molecule has 6 heteroatoms. The zero-order chi connectivity index (χ0) is 12.5. The maximum absolute atomic E-state index is 11.5. The molecule has 0 bridgehead atoms. The maximum atomic E-state index is 11.5. The normalized spacial score (nSPS) is 19.9. The van der Waals surface area contributed by atoms with E-state index in [1.165, 1.54) is 12.8 Å². The lowest BCUT2D eigenvalue weighted by atomic mass is 10.0. The summed E-state index contributed by atoms with van der Waals surface area (Å²) in [5, 5.41) is 6.06. The summed E-state index contributed by atoms with van der Waals surface area (Å²) < 4.78 is 4.93. The minimum Gasteiger partial charge on any atom is -0.370 e. The molecule has 0 aliphatic carbocycles. The van der Waals surface area contributed by atoms with Crippen molar-refractivity contribution in [3.05, 3.63) is 0 Å². The molecule has 1 fully saturated rings. The molecule has 2 amide bonds. The van der Waals surface area contributed by atoms with Gasteiger partial charge < -0.3 is 21.1 Å². The standard InChI is InChI=1S/C11H21N3O3/c12-10(15)8-17-6-5-14-11(16)7-9-3-1-2-4-13-9/h9,13H,1-8H2,(H2,12,15)(H,14,16). The van der Waals surface area contributed by atoms with E-state index in [4.69, 9.17) is 10.5 Å². The van der Waals surface area contributed by atoms with E-state index >= 15 is 0 Å². The van der Waals surface area contributed by atoms with Crippen LogP contribution in [0.3, 0.4) is 0 Å². The molecule has 0 aromatic heterocycles. The molecular weight excluding hydrogens is 222 g/mol. The topological polar surface area (TPSA) is 93.5 Å². The van der Waals surface area contributed by atoms with Crippen molar-refractivity contribution in [2.75, 3.05) is 26.3 Å². The van der Waals surface area contributed by atoms with Crippen molar-refractivity contribution in [2.24, 2.45) is 5.73 Å². The number of amides is 2. The van der Waals surface area contributed by atoms with Crippen molar-refractivity contribution in [3.63, 3.8) is 0 Å². The van der Waals surface area contributed by atoms with Gasteiger partial charge in [-0.15, -0.1) is 0 Å². The van der Waals surface area contributed by atoms with Gasteiger partial charge in [-0.1, -0.05) is 6.42 Å². The van der Waals surface area contributed by atoms with Crippen molar-refractivity contribution in [1.82, 2.24) is 10.6 Å². The van der Waals surface area contributed by atoms with Crippen molar-refractivity contribution in [1.29, 1.82) is 0 Å². The molecule has 4 N–H and O–H groups in total. The highest BCUT2D eigenvalue weighted by Gasteiger charge is 2.15. The summed E-state index contributed by atoms with van der Waals surface area (Å²) >= 11 is 0. The summed E-state index contributed by atoms with van der Waals surface area (Å²) in [4.78, 5) is 21.9. The highest BCUT2D eigenvalue weighted by atomic mass is 16.5. The first-order valence-corrected chi connectivity index (χ1v) is 6.04. The minimum atomic E-state index is -0.497. The first-order valence-electron chi connectivity index (χ1n) is 6.04. The molecule has 98 valence electrons. The summed E-state index contributed by atoms with van der Waals surface area (Å²) in [5.74, 6) is -0.477. The van der Waals surface area contributed by atoms with Crippen LogP contribution in [0.25, 0.3) is 0 Å². The molecule has 1 saturated heterocycles. The number of rotatable bonds is 7. The Labute approximate surface area is 101 Å². The molecule has 6 nitrogen and oxygen atoms in total. The minimum absolute atomic E-state index is 0.0204. The van der Waals surface area contributed by atoms with Crippen molar-refractivity contribution in [2.45, 2.75) is 31.7 Å². The van der Waals surface area contributed by atoms with Gasteiger partial charge in [0, 0.05) is 19.0 Å². The fourth-order valence-electron chi connectivity index (χ4n) is 1.83. The van der Waals surface area contributed by atoms with Gasteiger partial charge in [-0.25, -0.2) is 0 Å². The number of nitrogens with one attached hydrogen (secondary N) is 2. The predicted octanol–water partition coefficient (Wildman–Crippen LogP) is -0.863. The van der Waals surface area contributed by atoms with Crippen molar-refractivity contribution >= 4 is 11.8 Å². The molecule has 1 heterocycles. The lowest BCUT2D eigenvalue weighted by Gasteiger charge is -2.22. The summed E-state index contributed by atoms with van der Waals surface area (Å²) in [6, 6.07) is 0.301. The van der Waals surface area contributed by atoms with Gasteiger partial charge in [0.2, 0.25) is 11.8 Å². The van der Waals surface area contributed by atoms with Crippen molar-refractivity contribution < 1.29 is 14.3 Å². The number of hydrogen-bond donors (Lipinski definition) is 3. The zero-order valence-corrected chi connectivity index (χ0v) is 10.0. The summed E-state index contributed by atoms with van der Waals surface area (Å²) in [5.41, 5.74) is 4.90. The third kappa shape index (κ3) is 6.91. The van der Waals surface area contributed by atoms with Crippen LogP contribution in [0.15, 0.2) is 0 Å². The van der Waals surface area contributed by atoms with Crippen LogP contribution in [0.1, 0.15) is 25.7 Å². The number of piperidine rings is 1. The lowest BCUT2D eigenvalue weighted by molar-refractivity contribution is -0.122. The van der Waals surface area contributed by atoms with Crippen molar-refractivity contribution in [3.8, 4) is 0 Å². The largest absolute Gasteiger partial charge is 0.370 e. The molecule has 0 saturated carbocycles. The predicted molar refractivity (Wildman–Crippen MR) is 63.3 cm³/mol. The van der Waals surface area contributed by atoms with E-state index in [9.17, 15) is 9.59 Å². The number of ether oxygens (including phenoxy) is 1. The second-order valence-corrected chi connectivity index (χ2v) is 4.22. The molecule has 0 spiro atoms. The third-order valence-corrected chi connectivity index (χ3v) is 2.66. The van der Waals surface area contributed by atoms with Crippen LogP contribution in [-0.4, -0.2) is 44.2 Å². The van der Waals surface area contributed by atoms with Crippen LogP contribution in [0.5, 0.6) is 0 Å². The second kappa shape index (κ2) is 8.03. The molecule has 0 aromatic rings. The second-order valence-electron chi connectivity index (χ2n) is 4.22. The monoisotopic (exact) mass is 243 g/mol. The van der Waals surface area contributed by atoms with Gasteiger partial charge in [0.25, 0.3) is 0 Å². The summed E-state index contributed by atoms with van der Waals surface area (Å²) in [7, 11) is 0. The fraction of sp³-hybridized carbons (Fsp3) is 0.818. The first-order chi connectivity index (χ1) is 8.18. The maximum Gasteiger partial charge on any atom is 0.243 e. The number of hydrogen-bond acceptors (Lipinski definition) is 4. The molecular formula is C11H21N3O3. The Morgan fingerprint density at radius 3 is 2.88 bits per heavy atom. The molecule has 1 aliphatic heterocycles. The average Bonchev–Trinajstić information content (AvgIpc) is 2.29. The van der Waals surface area contributed by atoms with Gasteiger partial charge >= 0.3 is 0 Å². The Balaban J connectivity index is 1.98. The highest BCUT2D eigenvalue weighted by molar-refractivity contribution is 5.76. The smallest absolute Gasteiger partial charge is 0.243 e. The first kappa shape index (κ1) is 13.9. The van der Waals surface area contributed by atoms with Gasteiger partial charge in [-0.2, -0.15) is 0 Å². The van der Waals surface area contributed by atoms with E-state index in [0.29, 0.717) is 25.6 Å². The van der Waals surface area contributed by atoms with Crippen LogP contribution in [0.4, 0.5) is 0 Å². The van der Waals surface area contributed by atoms with Crippen LogP contribution < -0.4 is 16.4 Å². The summed E-state index contributed by atoms with van der Waals surface area (Å²) in [6.45, 7) is 1.63. The Hall–Kier alpha value is -1.14. The van der Waals surface area contributed by atoms with E-state index in [-0.39, 0.29) is 12.5 Å². The van der Waals surface area contributed by atoms with Gasteiger partial charge in [0.1, 0.15) is 6.61 Å². The molecule has 0 radical (unpaired) electrons. The van der Waals surface area contributed by atoms with E-state index in [2.05, 4.69) is 10.6 Å². The number of primary amides is 1. The van der Waals surface area contributed by atoms with Crippen LogP contribution in [0, 0.1) is 0 Å². The molecule has 1 rings (SSSR count). The third-order valence-electron chi connectivity index (χ3n) is 2.66. The van der Waals surface area contributed by atoms with Gasteiger partial charge in [-0.3, -0.25) is 9.59 Å². The van der Waals surface area contributed by atoms with E-state index < -0.39 is 5.91 Å². The lowest BCUT2D eigenvalue weighted by Crippen LogP contribution is -2.39. The molecule has 1 atom stereocenters. The fourth-order valence-corrected chi connectivity index (χ4v) is 1.83. The molecule has 1 unspecified atom stereocenters. The Morgan fingerprint density at radius 1 is 1.41 bits per heavy atom. The number of carbonyl (C=O) groups is 2. The van der Waals surface area contributed by atoms with E-state index in [1.807, 2.05) is 0 Å². The average molecular weight is 243 g/mol. The van der Waals surface area contributed by atoms with Crippen LogP contribution in [-0.2, 0) is 14.3 Å². The van der Waals surface area contributed by atoms with Gasteiger partial charge in [-0.05, 0) is 19.4 Å². The molecule has 1 aliphatic rings. The van der Waals surface area contributed by atoms with E-state index in [0.717, 1.165) is 13.0 Å². The molecule has 0 aromatic carbocycles. The SMILES string of the molecule is NC(=O)COCCNC(=O)CC1CCCCN1. The van der Waals surface area contributed by atoms with Crippen LogP contribution in [0.2, 0.25) is 0 Å². The van der Waals surface area contributed by atoms with Gasteiger partial charge in [0.15, 0.2) is 0 Å². The number of carbonyl (C=O) groups excluding carboxylic acids is 2. The Bertz CT molecular complexity index is 252. The molecule has 17 heavy (non-hydrogen) atoms. The summed E-state index contributed by atoms with van der Waals surface area (Å²) in [6.07, 6.45) is 3.95. The van der Waals surface area contributed by atoms with E-state index in [1.54, 1.807) is 0 Å². The Morgan fingerprint density at radius 2 is 2.24 bits per heavy atom. The Kier molecular flexibility index (Phi) is 6.57.